The number of H-pyrrole nitrogens is 1. The third-order valence-corrected chi connectivity index (χ3v) is 1.98. The molecule has 0 aromatic carbocycles. The molecule has 0 aliphatic rings. The molecule has 0 saturated heterocycles. The molecule has 1 aromatic rings. The lowest BCUT2D eigenvalue weighted by Gasteiger charge is -1.87. The normalized spacial score (nSPS) is 10.1. The van der Waals surface area contributed by atoms with E-state index in [1.165, 1.54) is 32.1 Å². The van der Waals surface area contributed by atoms with E-state index >= 15 is 0 Å². The van der Waals surface area contributed by atoms with Crippen LogP contribution < -0.4 is 0 Å². The molecule has 2 nitrogen and oxygen atoms in total. The molecule has 0 amide bonds. The van der Waals surface area contributed by atoms with Crippen LogP contribution in [0.25, 0.3) is 0 Å². The Labute approximate surface area is 93.8 Å². The third-order valence-electron chi connectivity index (χ3n) is 1.98. The predicted molar refractivity (Wildman–Crippen MR) is 66.9 cm³/mol. The summed E-state index contributed by atoms with van der Waals surface area (Å²) in [4.78, 5) is 6.75. The van der Waals surface area contributed by atoms with Crippen molar-refractivity contribution in [2.45, 2.75) is 52.9 Å². The Morgan fingerprint density at radius 1 is 1.20 bits per heavy atom. The maximum absolute atomic E-state index is 3.86. The van der Waals surface area contributed by atoms with Crippen LogP contribution in [0.1, 0.15) is 51.8 Å². The van der Waals surface area contributed by atoms with Crippen molar-refractivity contribution >= 4 is 0 Å². The van der Waals surface area contributed by atoms with Crippen LogP contribution in [-0.2, 0) is 0 Å². The standard InChI is InChI=1S/C9H18.C4H6N2/c1-3-5-7-9-8-6-4-2;1-4-5-2-3-6-4/h7,9H,3-6,8H2,1-2H3;2-3H,1H3,(H,5,6). The summed E-state index contributed by atoms with van der Waals surface area (Å²) in [6, 6.07) is 0. The SMILES string of the molecule is CCCC=CCCCC.Cc1ncc[nH]1. The smallest absolute Gasteiger partial charge is 0.102 e. The van der Waals surface area contributed by atoms with Crippen molar-refractivity contribution in [1.82, 2.24) is 9.97 Å². The van der Waals surface area contributed by atoms with Crippen molar-refractivity contribution in [3.05, 3.63) is 30.4 Å². The minimum Gasteiger partial charge on any atom is -0.349 e. The van der Waals surface area contributed by atoms with E-state index in [-0.39, 0.29) is 0 Å². The van der Waals surface area contributed by atoms with Gasteiger partial charge in [0.2, 0.25) is 0 Å². The Bertz CT molecular complexity index is 225. The van der Waals surface area contributed by atoms with E-state index in [9.17, 15) is 0 Å². The van der Waals surface area contributed by atoms with Crippen LogP contribution in [0.5, 0.6) is 0 Å². The number of aryl methyl sites for hydroxylation is 1. The molecule has 2 heteroatoms. The van der Waals surface area contributed by atoms with Gasteiger partial charge in [-0.05, 0) is 19.8 Å². The molecule has 1 N–H and O–H groups in total. The van der Waals surface area contributed by atoms with Gasteiger partial charge in [0, 0.05) is 12.4 Å². The highest BCUT2D eigenvalue weighted by Crippen LogP contribution is 1.96. The number of hydrogen-bond donors (Lipinski definition) is 1. The number of nitrogens with one attached hydrogen (secondary N) is 1. The van der Waals surface area contributed by atoms with Gasteiger partial charge in [0.05, 0.1) is 0 Å². The average Bonchev–Trinajstić information content (AvgIpc) is 2.70. The van der Waals surface area contributed by atoms with E-state index in [1.54, 1.807) is 12.4 Å². The maximum Gasteiger partial charge on any atom is 0.102 e. The number of aromatic amines is 1. The van der Waals surface area contributed by atoms with Crippen molar-refractivity contribution in [2.24, 2.45) is 0 Å². The Morgan fingerprint density at radius 3 is 2.33 bits per heavy atom. The molecule has 1 rings (SSSR count). The lowest BCUT2D eigenvalue weighted by molar-refractivity contribution is 0.810. The molecular weight excluding hydrogens is 184 g/mol. The molecule has 0 radical (unpaired) electrons. The second-order valence-electron chi connectivity index (χ2n) is 3.58. The highest BCUT2D eigenvalue weighted by Gasteiger charge is 1.76. The van der Waals surface area contributed by atoms with E-state index in [0.29, 0.717) is 0 Å². The van der Waals surface area contributed by atoms with E-state index < -0.39 is 0 Å². The number of rotatable bonds is 5. The molecule has 1 heterocycles. The number of unbranched alkanes of at least 4 members (excludes halogenated alkanes) is 3. The van der Waals surface area contributed by atoms with E-state index in [2.05, 4.69) is 36.0 Å². The summed E-state index contributed by atoms with van der Waals surface area (Å²) in [7, 11) is 0. The zero-order valence-corrected chi connectivity index (χ0v) is 10.3. The minimum absolute atomic E-state index is 0.968. The lowest BCUT2D eigenvalue weighted by Crippen LogP contribution is -1.66. The van der Waals surface area contributed by atoms with Crippen molar-refractivity contribution in [2.75, 3.05) is 0 Å². The Morgan fingerprint density at radius 2 is 1.93 bits per heavy atom. The summed E-state index contributed by atoms with van der Waals surface area (Å²) in [6.07, 6.45) is 14.6. The van der Waals surface area contributed by atoms with Crippen LogP contribution in [0.3, 0.4) is 0 Å². The summed E-state index contributed by atoms with van der Waals surface area (Å²) < 4.78 is 0. The van der Waals surface area contributed by atoms with E-state index in [1.807, 2.05) is 6.92 Å². The highest BCUT2D eigenvalue weighted by molar-refractivity contribution is 4.81. The van der Waals surface area contributed by atoms with Gasteiger partial charge in [0.1, 0.15) is 5.82 Å². The first-order valence-electron chi connectivity index (χ1n) is 5.92. The number of nitrogens with zero attached hydrogens (tertiary/aromatic N) is 1. The van der Waals surface area contributed by atoms with Gasteiger partial charge in [-0.1, -0.05) is 45.3 Å². The quantitative estimate of drug-likeness (QED) is 0.568. The van der Waals surface area contributed by atoms with Crippen LogP contribution in [0.2, 0.25) is 0 Å². The predicted octanol–water partition coefficient (Wildman–Crippen LogP) is 4.25. The fraction of sp³-hybridized carbons (Fsp3) is 0.615. The first-order chi connectivity index (χ1) is 7.31. The topological polar surface area (TPSA) is 28.7 Å². The van der Waals surface area contributed by atoms with Gasteiger partial charge in [0.25, 0.3) is 0 Å². The number of allylic oxidation sites excluding steroid dienone is 2. The van der Waals surface area contributed by atoms with Crippen LogP contribution in [0.4, 0.5) is 0 Å². The fourth-order valence-corrected chi connectivity index (χ4v) is 1.07. The molecule has 0 atom stereocenters. The van der Waals surface area contributed by atoms with E-state index in [0.717, 1.165) is 5.82 Å². The molecule has 1 aromatic heterocycles. The first-order valence-corrected chi connectivity index (χ1v) is 5.92. The Balaban J connectivity index is 0.000000280. The summed E-state index contributed by atoms with van der Waals surface area (Å²) in [6.45, 7) is 6.36. The molecule has 0 unspecified atom stereocenters. The van der Waals surface area contributed by atoms with Crippen LogP contribution in [-0.4, -0.2) is 9.97 Å². The molecule has 0 spiro atoms. The summed E-state index contributed by atoms with van der Waals surface area (Å²) in [5, 5.41) is 0. The minimum atomic E-state index is 0.968. The fourth-order valence-electron chi connectivity index (χ4n) is 1.07. The molecule has 0 saturated carbocycles. The summed E-state index contributed by atoms with van der Waals surface area (Å²) in [5.41, 5.74) is 0. The molecule has 0 fully saturated rings. The van der Waals surface area contributed by atoms with Crippen molar-refractivity contribution in [3.8, 4) is 0 Å². The van der Waals surface area contributed by atoms with Gasteiger partial charge < -0.3 is 4.98 Å². The highest BCUT2D eigenvalue weighted by atomic mass is 14.9. The summed E-state index contributed by atoms with van der Waals surface area (Å²) >= 11 is 0. The maximum atomic E-state index is 3.86. The third kappa shape index (κ3) is 10.9. The number of hydrogen-bond acceptors (Lipinski definition) is 1. The van der Waals surface area contributed by atoms with Crippen LogP contribution in [0, 0.1) is 6.92 Å². The van der Waals surface area contributed by atoms with Crippen molar-refractivity contribution < 1.29 is 0 Å². The molecule has 0 aliphatic carbocycles. The van der Waals surface area contributed by atoms with Gasteiger partial charge in [-0.25, -0.2) is 4.98 Å². The van der Waals surface area contributed by atoms with Crippen LogP contribution in [0.15, 0.2) is 24.5 Å². The Kier molecular flexibility index (Phi) is 10.3. The van der Waals surface area contributed by atoms with Gasteiger partial charge >= 0.3 is 0 Å². The first kappa shape index (κ1) is 13.9. The second kappa shape index (κ2) is 11.0. The van der Waals surface area contributed by atoms with Gasteiger partial charge in [-0.3, -0.25) is 0 Å². The lowest BCUT2D eigenvalue weighted by atomic mass is 10.2. The Hall–Kier alpha value is -1.05. The largest absolute Gasteiger partial charge is 0.349 e. The number of aromatic nitrogens is 2. The van der Waals surface area contributed by atoms with Gasteiger partial charge in [0.15, 0.2) is 0 Å². The molecular formula is C13H24N2. The molecule has 0 aliphatic heterocycles. The molecule has 0 bridgehead atoms. The monoisotopic (exact) mass is 208 g/mol. The summed E-state index contributed by atoms with van der Waals surface area (Å²) in [5.74, 6) is 0.968. The zero-order valence-electron chi connectivity index (χ0n) is 10.3. The van der Waals surface area contributed by atoms with Crippen molar-refractivity contribution in [3.63, 3.8) is 0 Å². The van der Waals surface area contributed by atoms with Gasteiger partial charge in [-0.15, -0.1) is 0 Å². The van der Waals surface area contributed by atoms with Gasteiger partial charge in [-0.2, -0.15) is 0 Å². The average molecular weight is 208 g/mol. The van der Waals surface area contributed by atoms with Crippen LogP contribution >= 0.6 is 0 Å². The second-order valence-corrected chi connectivity index (χ2v) is 3.58. The zero-order chi connectivity index (χ0) is 11.4. The number of imidazole rings is 1. The van der Waals surface area contributed by atoms with Crippen molar-refractivity contribution in [1.29, 1.82) is 0 Å². The molecule has 86 valence electrons. The molecule has 15 heavy (non-hydrogen) atoms. The van der Waals surface area contributed by atoms with E-state index in [4.69, 9.17) is 0 Å².